The van der Waals surface area contributed by atoms with Crippen molar-refractivity contribution in [3.8, 4) is 16.9 Å². The summed E-state index contributed by atoms with van der Waals surface area (Å²) in [6, 6.07) is 45.3. The van der Waals surface area contributed by atoms with Crippen molar-refractivity contribution in [2.75, 3.05) is 0 Å². The van der Waals surface area contributed by atoms with Crippen LogP contribution in [0.5, 0.6) is 5.75 Å². The maximum absolute atomic E-state index is 6.30. The zero-order valence-electron chi connectivity index (χ0n) is 23.9. The maximum Gasteiger partial charge on any atom is 0.124 e. The van der Waals surface area contributed by atoms with E-state index in [0.717, 1.165) is 18.1 Å². The molecule has 1 heterocycles. The third kappa shape index (κ3) is 4.80. The summed E-state index contributed by atoms with van der Waals surface area (Å²) in [7, 11) is -1.50. The second kappa shape index (κ2) is 10.9. The summed E-state index contributed by atoms with van der Waals surface area (Å²) in [6.45, 7) is 6.68. The van der Waals surface area contributed by atoms with Gasteiger partial charge in [0.05, 0.1) is 6.10 Å². The molecule has 1 aliphatic heterocycles. The quantitative estimate of drug-likeness (QED) is 0.150. The topological polar surface area (TPSA) is 9.23 Å². The Morgan fingerprint density at radius 1 is 0.585 bits per heavy atom. The van der Waals surface area contributed by atoms with Crippen molar-refractivity contribution >= 4 is 53.9 Å². The summed E-state index contributed by atoms with van der Waals surface area (Å²) in [5, 5.41) is 9.81. The van der Waals surface area contributed by atoms with E-state index in [1.807, 2.05) is 0 Å². The first-order valence-electron chi connectivity index (χ1n) is 14.5. The molecule has 201 valence electrons. The van der Waals surface area contributed by atoms with Gasteiger partial charge in [-0.15, -0.1) is 0 Å². The number of fused-ring (bicyclic) bond motifs is 7. The second-order valence-corrected chi connectivity index (χ2v) is 15.8. The number of benzene rings is 6. The van der Waals surface area contributed by atoms with Gasteiger partial charge >= 0.3 is 0 Å². The molecular weight excluding hydrogens is 531 g/mol. The Bertz CT molecular complexity index is 1800. The Morgan fingerprint density at radius 3 is 1.71 bits per heavy atom. The summed E-state index contributed by atoms with van der Waals surface area (Å²) < 4.78 is 6.30. The molecule has 0 amide bonds. The van der Waals surface area contributed by atoms with Crippen molar-refractivity contribution in [2.45, 2.75) is 38.8 Å². The zero-order valence-corrected chi connectivity index (χ0v) is 25.8. The predicted molar refractivity (Wildman–Crippen MR) is 180 cm³/mol. The van der Waals surface area contributed by atoms with Crippen LogP contribution in [-0.4, -0.2) is 14.9 Å². The van der Waals surface area contributed by atoms with Crippen LogP contribution in [0.3, 0.4) is 0 Å². The smallest absolute Gasteiger partial charge is 0.124 e. The first-order chi connectivity index (χ1) is 20.1. The van der Waals surface area contributed by atoms with E-state index in [4.69, 9.17) is 4.74 Å². The lowest BCUT2D eigenvalue weighted by Gasteiger charge is -2.24. The van der Waals surface area contributed by atoms with Crippen molar-refractivity contribution in [3.05, 3.63) is 132 Å². The summed E-state index contributed by atoms with van der Waals surface area (Å²) in [5.41, 5.74) is 5.84. The van der Waals surface area contributed by atoms with E-state index in [1.165, 1.54) is 54.2 Å². The lowest BCUT2D eigenvalue weighted by molar-refractivity contribution is 0.244. The number of hydrogen-bond acceptors (Lipinski definition) is 1. The molecule has 0 bridgehead atoms. The highest BCUT2D eigenvalue weighted by Crippen LogP contribution is 2.52. The Balaban J connectivity index is 1.41. The van der Waals surface area contributed by atoms with Gasteiger partial charge in [-0.05, 0) is 91.7 Å². The molecule has 0 atom stereocenters. The lowest BCUT2D eigenvalue weighted by Crippen LogP contribution is -2.46. The van der Waals surface area contributed by atoms with Gasteiger partial charge < -0.3 is 4.74 Å². The van der Waals surface area contributed by atoms with Crippen LogP contribution < -0.4 is 20.4 Å². The SMILES string of the molecule is CC(C)Oc1ccccc1[Si](C)c1ccccc1P1Cc2ccc3ccccc3c2-c2c(ccc3ccccc23)C1. The third-order valence-electron chi connectivity index (χ3n) is 8.31. The maximum atomic E-state index is 6.30. The third-order valence-corrected chi connectivity index (χ3v) is 13.5. The van der Waals surface area contributed by atoms with Crippen LogP contribution >= 0.6 is 7.92 Å². The molecule has 0 spiro atoms. The Morgan fingerprint density at radius 2 is 1.10 bits per heavy atom. The van der Waals surface area contributed by atoms with Crippen LogP contribution in [0.1, 0.15) is 25.0 Å². The second-order valence-electron chi connectivity index (χ2n) is 11.3. The number of rotatable bonds is 5. The minimum absolute atomic E-state index is 0.157. The van der Waals surface area contributed by atoms with Gasteiger partial charge in [-0.2, -0.15) is 0 Å². The molecule has 3 heteroatoms. The summed E-state index contributed by atoms with van der Waals surface area (Å²) in [5.74, 6) is 1.04. The number of ether oxygens (including phenoxy) is 1. The average molecular weight is 566 g/mol. The normalized spacial score (nSPS) is 13.4. The molecule has 0 saturated carbocycles. The summed E-state index contributed by atoms with van der Waals surface area (Å²) in [4.78, 5) is 0. The van der Waals surface area contributed by atoms with Gasteiger partial charge in [-0.1, -0.05) is 130 Å². The number of para-hydroxylation sites is 1. The molecule has 7 rings (SSSR count). The van der Waals surface area contributed by atoms with Crippen LogP contribution in [0.25, 0.3) is 32.7 Å². The van der Waals surface area contributed by atoms with Crippen molar-refractivity contribution in [1.29, 1.82) is 0 Å². The highest BCUT2D eigenvalue weighted by Gasteiger charge is 2.28. The van der Waals surface area contributed by atoms with Crippen molar-refractivity contribution in [3.63, 3.8) is 0 Å². The number of hydrogen-bond donors (Lipinski definition) is 0. The van der Waals surface area contributed by atoms with Crippen LogP contribution in [0.15, 0.2) is 121 Å². The van der Waals surface area contributed by atoms with Crippen molar-refractivity contribution in [2.24, 2.45) is 0 Å². The Labute approximate surface area is 246 Å². The minimum atomic E-state index is -1.04. The average Bonchev–Trinajstić information content (AvgIpc) is 3.18. The molecule has 1 radical (unpaired) electrons. The van der Waals surface area contributed by atoms with Gasteiger partial charge in [0.2, 0.25) is 0 Å². The summed E-state index contributed by atoms with van der Waals surface area (Å²) >= 11 is 0. The van der Waals surface area contributed by atoms with E-state index in [9.17, 15) is 0 Å². The Hall–Kier alpha value is -3.71. The minimum Gasteiger partial charge on any atom is -0.491 e. The summed E-state index contributed by atoms with van der Waals surface area (Å²) in [6.07, 6.45) is 2.34. The van der Waals surface area contributed by atoms with Gasteiger partial charge in [-0.25, -0.2) is 0 Å². The fraction of sp³-hybridized carbons (Fsp3) is 0.158. The van der Waals surface area contributed by atoms with E-state index in [0.29, 0.717) is 0 Å². The van der Waals surface area contributed by atoms with E-state index in [2.05, 4.69) is 142 Å². The van der Waals surface area contributed by atoms with Gasteiger partial charge in [0.15, 0.2) is 0 Å². The lowest BCUT2D eigenvalue weighted by atomic mass is 9.88. The molecule has 0 aliphatic carbocycles. The van der Waals surface area contributed by atoms with Gasteiger partial charge in [0.1, 0.15) is 14.5 Å². The first kappa shape index (κ1) is 26.2. The van der Waals surface area contributed by atoms with Crippen molar-refractivity contribution in [1.82, 2.24) is 0 Å². The van der Waals surface area contributed by atoms with Gasteiger partial charge in [0, 0.05) is 0 Å². The monoisotopic (exact) mass is 565 g/mol. The molecule has 6 aromatic carbocycles. The van der Waals surface area contributed by atoms with Crippen LogP contribution in [0, 0.1) is 0 Å². The molecule has 1 nitrogen and oxygen atoms in total. The van der Waals surface area contributed by atoms with Gasteiger partial charge in [0.25, 0.3) is 0 Å². The molecule has 0 N–H and O–H groups in total. The molecule has 41 heavy (non-hydrogen) atoms. The highest BCUT2D eigenvalue weighted by molar-refractivity contribution is 7.64. The van der Waals surface area contributed by atoms with E-state index >= 15 is 0 Å². The van der Waals surface area contributed by atoms with E-state index in [-0.39, 0.29) is 6.10 Å². The molecular formula is C38H34OPSi. The van der Waals surface area contributed by atoms with Crippen molar-refractivity contribution < 1.29 is 4.74 Å². The Kier molecular flexibility index (Phi) is 6.99. The van der Waals surface area contributed by atoms with Crippen LogP contribution in [-0.2, 0) is 12.3 Å². The molecule has 0 aromatic heterocycles. The highest BCUT2D eigenvalue weighted by atomic mass is 31.1. The molecule has 0 saturated heterocycles. The molecule has 0 unspecified atom stereocenters. The van der Waals surface area contributed by atoms with E-state index < -0.39 is 16.7 Å². The molecule has 6 aromatic rings. The molecule has 0 fully saturated rings. The largest absolute Gasteiger partial charge is 0.491 e. The van der Waals surface area contributed by atoms with Crippen LogP contribution in [0.2, 0.25) is 6.55 Å². The fourth-order valence-electron chi connectivity index (χ4n) is 6.47. The first-order valence-corrected chi connectivity index (χ1v) is 18.3. The predicted octanol–water partition coefficient (Wildman–Crippen LogP) is 8.51. The fourth-order valence-corrected chi connectivity index (χ4v) is 11.9. The molecule has 1 aliphatic rings. The standard InChI is InChI=1S/C38H34OPSi/c1-26(2)39-33-16-8-10-18-35(33)41(3)36-19-11-9-17-34(36)40-24-29-22-20-27-12-4-6-14-31(27)37(29)38-30(25-40)23-21-28-13-5-7-15-32(28)38/h4-23,26H,24-25H2,1-3H3. The zero-order chi connectivity index (χ0) is 27.9. The van der Waals surface area contributed by atoms with Crippen LogP contribution in [0.4, 0.5) is 0 Å². The van der Waals surface area contributed by atoms with Gasteiger partial charge in [-0.3, -0.25) is 0 Å². The van der Waals surface area contributed by atoms with E-state index in [1.54, 1.807) is 5.30 Å².